The molecule has 27 heavy (non-hydrogen) atoms. The number of fused-ring (bicyclic) bond motifs is 1. The van der Waals surface area contributed by atoms with Crippen LogP contribution in [0.4, 0.5) is 4.79 Å². The van der Waals surface area contributed by atoms with Crippen molar-refractivity contribution < 1.29 is 14.3 Å². The number of hydrogen-bond acceptors (Lipinski definition) is 3. The molecule has 0 spiro atoms. The first-order valence-electron chi connectivity index (χ1n) is 10.1. The zero-order valence-electron chi connectivity index (χ0n) is 16.5. The summed E-state index contributed by atoms with van der Waals surface area (Å²) < 4.78 is 11.4. The van der Waals surface area contributed by atoms with Gasteiger partial charge in [-0.2, -0.15) is 0 Å². The van der Waals surface area contributed by atoms with Gasteiger partial charge in [0.2, 0.25) is 0 Å². The molecule has 1 aliphatic carbocycles. The van der Waals surface area contributed by atoms with Gasteiger partial charge < -0.3 is 14.8 Å². The maximum Gasteiger partial charge on any atom is 0.408 e. The molecule has 1 atom stereocenters. The van der Waals surface area contributed by atoms with Gasteiger partial charge in [0.25, 0.3) is 0 Å². The van der Waals surface area contributed by atoms with Gasteiger partial charge in [0.1, 0.15) is 12.4 Å². The highest BCUT2D eigenvalue weighted by molar-refractivity contribution is 5.85. The van der Waals surface area contributed by atoms with E-state index < -0.39 is 5.54 Å². The number of benzene rings is 2. The summed E-state index contributed by atoms with van der Waals surface area (Å²) in [6, 6.07) is 12.6. The van der Waals surface area contributed by atoms with Crippen molar-refractivity contribution in [1.29, 1.82) is 0 Å². The van der Waals surface area contributed by atoms with Crippen molar-refractivity contribution in [2.45, 2.75) is 58.1 Å². The van der Waals surface area contributed by atoms with Crippen LogP contribution in [0.2, 0.25) is 0 Å². The second kappa shape index (κ2) is 7.06. The van der Waals surface area contributed by atoms with Crippen LogP contribution in [0.1, 0.15) is 52.0 Å². The van der Waals surface area contributed by atoms with Crippen molar-refractivity contribution in [2.24, 2.45) is 11.8 Å². The first-order valence-corrected chi connectivity index (χ1v) is 10.1. The highest BCUT2D eigenvalue weighted by Crippen LogP contribution is 2.33. The van der Waals surface area contributed by atoms with E-state index in [0.717, 1.165) is 46.8 Å². The van der Waals surface area contributed by atoms with Crippen molar-refractivity contribution in [3.05, 3.63) is 42.0 Å². The molecule has 4 nitrogen and oxygen atoms in total. The molecule has 0 bridgehead atoms. The summed E-state index contributed by atoms with van der Waals surface area (Å²) in [6.07, 6.45) is 4.82. The summed E-state index contributed by atoms with van der Waals surface area (Å²) in [5.41, 5.74) is 0.594. The molecule has 4 heteroatoms. The number of ether oxygens (including phenoxy) is 2. The van der Waals surface area contributed by atoms with Crippen molar-refractivity contribution >= 4 is 16.9 Å². The van der Waals surface area contributed by atoms with Crippen LogP contribution in [0.3, 0.4) is 0 Å². The number of amides is 1. The average Bonchev–Trinajstić information content (AvgIpc) is 3.02. The molecular formula is C23H29NO3. The Kier molecular flexibility index (Phi) is 4.75. The van der Waals surface area contributed by atoms with Crippen LogP contribution < -0.4 is 10.1 Å². The Morgan fingerprint density at radius 2 is 1.78 bits per heavy atom. The van der Waals surface area contributed by atoms with E-state index in [1.54, 1.807) is 0 Å². The third kappa shape index (κ3) is 3.76. The van der Waals surface area contributed by atoms with Crippen LogP contribution in [0, 0.1) is 11.8 Å². The Labute approximate surface area is 161 Å². The van der Waals surface area contributed by atoms with Gasteiger partial charge in [-0.3, -0.25) is 0 Å². The van der Waals surface area contributed by atoms with E-state index in [-0.39, 0.29) is 6.09 Å². The number of hydrogen-bond donors (Lipinski definition) is 1. The van der Waals surface area contributed by atoms with E-state index >= 15 is 0 Å². The van der Waals surface area contributed by atoms with Crippen LogP contribution in [-0.2, 0) is 10.3 Å². The zero-order chi connectivity index (χ0) is 19.0. The summed E-state index contributed by atoms with van der Waals surface area (Å²) in [6.45, 7) is 7.00. The van der Waals surface area contributed by atoms with Crippen LogP contribution in [0.5, 0.6) is 5.75 Å². The van der Waals surface area contributed by atoms with Gasteiger partial charge in [0.15, 0.2) is 0 Å². The first-order chi connectivity index (χ1) is 12.9. The Balaban J connectivity index is 1.47. The second-order valence-corrected chi connectivity index (χ2v) is 8.66. The quantitative estimate of drug-likeness (QED) is 0.788. The fourth-order valence-electron chi connectivity index (χ4n) is 4.37. The molecule has 0 radical (unpaired) electrons. The molecule has 1 saturated carbocycles. The Bertz CT molecular complexity index is 839. The molecule has 2 aliphatic rings. The lowest BCUT2D eigenvalue weighted by Crippen LogP contribution is -2.37. The third-order valence-electron chi connectivity index (χ3n) is 6.28. The Morgan fingerprint density at radius 3 is 2.44 bits per heavy atom. The molecule has 1 amide bonds. The molecule has 2 fully saturated rings. The molecular weight excluding hydrogens is 338 g/mol. The maximum atomic E-state index is 11.4. The number of alkyl carbamates (subject to hydrolysis) is 1. The van der Waals surface area contributed by atoms with E-state index in [1.807, 2.05) is 6.92 Å². The third-order valence-corrected chi connectivity index (χ3v) is 6.28. The lowest BCUT2D eigenvalue weighted by atomic mass is 9.80. The molecule has 2 aromatic rings. The number of carbonyl (C=O) groups excluding carboxylic acids is 1. The van der Waals surface area contributed by atoms with Crippen LogP contribution >= 0.6 is 0 Å². The average molecular weight is 367 g/mol. The molecule has 2 aromatic carbocycles. The lowest BCUT2D eigenvalue weighted by molar-refractivity contribution is 0.117. The monoisotopic (exact) mass is 367 g/mol. The number of rotatable bonds is 4. The second-order valence-electron chi connectivity index (χ2n) is 8.66. The van der Waals surface area contributed by atoms with Gasteiger partial charge in [-0.25, -0.2) is 4.79 Å². The van der Waals surface area contributed by atoms with Crippen molar-refractivity contribution in [3.8, 4) is 5.75 Å². The Morgan fingerprint density at radius 1 is 1.07 bits per heavy atom. The molecule has 1 aliphatic heterocycles. The largest absolute Gasteiger partial charge is 0.490 e. The highest BCUT2D eigenvalue weighted by atomic mass is 16.6. The lowest BCUT2D eigenvalue weighted by Gasteiger charge is -2.31. The fraction of sp³-hybridized carbons (Fsp3) is 0.522. The van der Waals surface area contributed by atoms with Crippen molar-refractivity contribution in [1.82, 2.24) is 5.32 Å². The van der Waals surface area contributed by atoms with Gasteiger partial charge in [0, 0.05) is 0 Å². The highest BCUT2D eigenvalue weighted by Gasteiger charge is 2.36. The summed E-state index contributed by atoms with van der Waals surface area (Å²) in [5.74, 6) is 2.57. The number of cyclic esters (lactones) is 1. The topological polar surface area (TPSA) is 47.6 Å². The van der Waals surface area contributed by atoms with E-state index in [2.05, 4.69) is 55.6 Å². The minimum Gasteiger partial charge on any atom is -0.490 e. The predicted molar refractivity (Wildman–Crippen MR) is 107 cm³/mol. The summed E-state index contributed by atoms with van der Waals surface area (Å²) in [4.78, 5) is 11.4. The molecule has 4 rings (SSSR count). The maximum absolute atomic E-state index is 11.4. The number of nitrogens with one attached hydrogen (secondary N) is 1. The van der Waals surface area contributed by atoms with Crippen LogP contribution in [0.25, 0.3) is 10.8 Å². The number of carbonyl (C=O) groups is 1. The molecule has 144 valence electrons. The fourth-order valence-corrected chi connectivity index (χ4v) is 4.37. The molecule has 1 saturated heterocycles. The SMILES string of the molecule is CC(C)[C@H]1CC[C@H](Oc2ccc3cc([C@]4(C)COC(=O)N4)ccc3c2)CC1. The normalized spacial score (nSPS) is 28.2. The van der Waals surface area contributed by atoms with E-state index in [9.17, 15) is 4.79 Å². The minimum atomic E-state index is -0.463. The zero-order valence-corrected chi connectivity index (χ0v) is 16.5. The van der Waals surface area contributed by atoms with Gasteiger partial charge in [0.05, 0.1) is 11.6 Å². The Hall–Kier alpha value is -2.23. The van der Waals surface area contributed by atoms with E-state index in [4.69, 9.17) is 9.47 Å². The molecule has 1 N–H and O–H groups in total. The summed E-state index contributed by atoms with van der Waals surface area (Å²) >= 11 is 0. The van der Waals surface area contributed by atoms with E-state index in [1.165, 1.54) is 12.8 Å². The van der Waals surface area contributed by atoms with Gasteiger partial charge >= 0.3 is 6.09 Å². The van der Waals surface area contributed by atoms with Gasteiger partial charge in [-0.1, -0.05) is 32.0 Å². The summed E-state index contributed by atoms with van der Waals surface area (Å²) in [5, 5.41) is 5.20. The van der Waals surface area contributed by atoms with Crippen LogP contribution in [0.15, 0.2) is 36.4 Å². The van der Waals surface area contributed by atoms with Gasteiger partial charge in [-0.15, -0.1) is 0 Å². The van der Waals surface area contributed by atoms with Crippen molar-refractivity contribution in [2.75, 3.05) is 6.61 Å². The van der Waals surface area contributed by atoms with Crippen molar-refractivity contribution in [3.63, 3.8) is 0 Å². The molecule has 0 unspecified atom stereocenters. The van der Waals surface area contributed by atoms with Crippen LogP contribution in [-0.4, -0.2) is 18.8 Å². The van der Waals surface area contributed by atoms with Gasteiger partial charge in [-0.05, 0) is 79.0 Å². The van der Waals surface area contributed by atoms with E-state index in [0.29, 0.717) is 12.7 Å². The first kappa shape index (κ1) is 18.1. The molecule has 0 aromatic heterocycles. The summed E-state index contributed by atoms with van der Waals surface area (Å²) in [7, 11) is 0. The standard InChI is InChI=1S/C23H29NO3/c1-15(2)16-5-9-20(10-6-16)27-21-11-7-17-12-19(8-4-18(17)13-21)23(3)14-26-22(25)24-23/h4,7-8,11-13,15-16,20H,5-6,9-10,14H2,1-3H3,(H,24,25)/t16-,20-,23-/m0/s1. The predicted octanol–water partition coefficient (Wildman–Crippen LogP) is 5.39. The smallest absolute Gasteiger partial charge is 0.408 e. The molecule has 1 heterocycles. The minimum absolute atomic E-state index is 0.335.